The lowest BCUT2D eigenvalue weighted by Crippen LogP contribution is -2.60. The summed E-state index contributed by atoms with van der Waals surface area (Å²) >= 11 is 1.95. The smallest absolute Gasteiger partial charge is 0.375 e. The number of hydrogen-bond acceptors (Lipinski definition) is 4. The van der Waals surface area contributed by atoms with Crippen molar-refractivity contribution in [1.82, 2.24) is 4.57 Å². The average molecular weight is 933 g/mol. The molecule has 70 heavy (non-hydrogen) atoms. The summed E-state index contributed by atoms with van der Waals surface area (Å²) in [4.78, 5) is 2.64. The summed E-state index contributed by atoms with van der Waals surface area (Å²) in [5.74, 6) is 0. The Labute approximate surface area is 415 Å². The molecule has 3 aliphatic rings. The third-order valence-electron chi connectivity index (χ3n) is 17.1. The Bertz CT molecular complexity index is 4130. The van der Waals surface area contributed by atoms with Crippen LogP contribution in [0.1, 0.15) is 131 Å². The molecule has 4 nitrogen and oxygen atoms in total. The number of nitrogens with zero attached hydrogens (tertiary/aromatic N) is 2. The van der Waals surface area contributed by atoms with Gasteiger partial charge in [-0.15, -0.1) is 11.3 Å². The van der Waals surface area contributed by atoms with Crippen LogP contribution in [0.25, 0.3) is 91.7 Å². The fraction of sp³-hybridized carbons (Fsp3) is 0.312. The molecule has 0 radical (unpaired) electrons. The van der Waals surface area contributed by atoms with Gasteiger partial charge in [0.05, 0.1) is 16.7 Å². The van der Waals surface area contributed by atoms with Crippen molar-refractivity contribution in [3.63, 3.8) is 0 Å². The second-order valence-electron chi connectivity index (χ2n) is 25.6. The number of furan rings is 2. The van der Waals surface area contributed by atoms with Gasteiger partial charge in [-0.05, 0) is 145 Å². The highest BCUT2D eigenvalue weighted by atomic mass is 32.1. The molecule has 6 heterocycles. The summed E-state index contributed by atoms with van der Waals surface area (Å²) in [6.07, 6.45) is 2.31. The number of rotatable bonds is 1. The van der Waals surface area contributed by atoms with Crippen molar-refractivity contribution in [2.45, 2.75) is 130 Å². The van der Waals surface area contributed by atoms with Crippen LogP contribution >= 0.6 is 11.3 Å². The molecular weight excluding hydrogens is 872 g/mol. The molecule has 0 atom stereocenters. The van der Waals surface area contributed by atoms with E-state index in [0.717, 1.165) is 57.4 Å². The maximum Gasteiger partial charge on any atom is 0.375 e. The summed E-state index contributed by atoms with van der Waals surface area (Å²) in [5.41, 5.74) is 20.4. The number of fused-ring (bicyclic) bond motifs is 19. The minimum Gasteiger partial charge on any atom is -0.466 e. The molecule has 0 unspecified atom stereocenters. The van der Waals surface area contributed by atoms with Gasteiger partial charge >= 0.3 is 6.85 Å². The van der Waals surface area contributed by atoms with Crippen molar-refractivity contribution >= 4 is 116 Å². The van der Waals surface area contributed by atoms with Gasteiger partial charge in [0.2, 0.25) is 0 Å². The number of benzene rings is 7. The lowest BCUT2D eigenvalue weighted by Gasteiger charge is -2.41. The van der Waals surface area contributed by atoms with Gasteiger partial charge in [0.1, 0.15) is 22.4 Å². The van der Waals surface area contributed by atoms with Crippen LogP contribution in [-0.4, -0.2) is 11.4 Å². The van der Waals surface area contributed by atoms with Crippen LogP contribution in [0.2, 0.25) is 0 Å². The average Bonchev–Trinajstić information content (AvgIpc) is 4.06. The Kier molecular flexibility index (Phi) is 8.15. The maximum absolute atomic E-state index is 7.53. The first kappa shape index (κ1) is 42.6. The summed E-state index contributed by atoms with van der Waals surface area (Å²) in [6.45, 7) is 30.3. The summed E-state index contributed by atoms with van der Waals surface area (Å²) < 4.78 is 20.0. The molecule has 0 amide bonds. The molecule has 0 spiro atoms. The van der Waals surface area contributed by atoms with Crippen LogP contribution in [-0.2, 0) is 27.1 Å². The molecule has 6 heteroatoms. The Morgan fingerprint density at radius 3 is 1.87 bits per heavy atom. The Balaban J connectivity index is 1.21. The second kappa shape index (κ2) is 13.4. The van der Waals surface area contributed by atoms with Gasteiger partial charge in [0, 0.05) is 64.0 Å². The van der Waals surface area contributed by atoms with Crippen molar-refractivity contribution in [1.29, 1.82) is 0 Å². The van der Waals surface area contributed by atoms with Crippen LogP contribution < -0.4 is 15.9 Å². The van der Waals surface area contributed by atoms with Gasteiger partial charge in [0.15, 0.2) is 0 Å². The standard InChI is InChI=1S/C64H61BN2O2S/c1-60(2,3)34-18-22-37(23-19-34)67-47-31-40-39-30-44-45(64(12,13)27-26-63(44,10)11)33-50(39)68-49(40)32-42(47)52-53-38-16-14-15-17-51(38)70-58(53)54-41-28-35(61(4,5)6)20-24-46(41)66-56-43-29-36(62(7,8)9)21-25-48(43)69-59(56)65(67)55(52)57(54)66/h14-25,28-33H,26-27H2,1-13H3. The number of thiophene rings is 1. The van der Waals surface area contributed by atoms with E-state index in [1.54, 1.807) is 0 Å². The van der Waals surface area contributed by atoms with Crippen LogP contribution in [0.5, 0.6) is 0 Å². The highest BCUT2D eigenvalue weighted by Gasteiger charge is 2.49. The summed E-state index contributed by atoms with van der Waals surface area (Å²) in [6, 6.07) is 42.5. The topological polar surface area (TPSA) is 34.5 Å². The fourth-order valence-electron chi connectivity index (χ4n) is 12.9. The Hall–Kier alpha value is -6.24. The van der Waals surface area contributed by atoms with E-state index < -0.39 is 0 Å². The summed E-state index contributed by atoms with van der Waals surface area (Å²) in [5, 5.41) is 8.75. The Morgan fingerprint density at radius 2 is 1.17 bits per heavy atom. The molecule has 1 aliphatic carbocycles. The zero-order chi connectivity index (χ0) is 48.5. The van der Waals surface area contributed by atoms with E-state index in [1.165, 1.54) is 97.5 Å². The normalized spacial score (nSPS) is 16.4. The molecule has 0 bridgehead atoms. The first-order valence-corrected chi connectivity index (χ1v) is 26.4. The third kappa shape index (κ3) is 5.60. The lowest BCUT2D eigenvalue weighted by atomic mass is 9.46. The molecule has 7 aromatic carbocycles. The zero-order valence-electron chi connectivity index (χ0n) is 43.0. The van der Waals surface area contributed by atoms with E-state index in [4.69, 9.17) is 8.83 Å². The van der Waals surface area contributed by atoms with Crippen LogP contribution in [0.3, 0.4) is 0 Å². The monoisotopic (exact) mass is 932 g/mol. The highest BCUT2D eigenvalue weighted by Crippen LogP contribution is 2.56. The molecule has 14 rings (SSSR count). The summed E-state index contributed by atoms with van der Waals surface area (Å²) in [7, 11) is 0. The van der Waals surface area contributed by atoms with Crippen LogP contribution in [0.4, 0.5) is 11.4 Å². The van der Waals surface area contributed by atoms with E-state index in [-0.39, 0.29) is 33.9 Å². The third-order valence-corrected chi connectivity index (χ3v) is 18.3. The van der Waals surface area contributed by atoms with E-state index >= 15 is 0 Å². The van der Waals surface area contributed by atoms with Gasteiger partial charge in [-0.25, -0.2) is 0 Å². The minimum absolute atomic E-state index is 0.000412. The van der Waals surface area contributed by atoms with Crippen molar-refractivity contribution < 1.29 is 8.83 Å². The largest absolute Gasteiger partial charge is 0.466 e. The lowest BCUT2D eigenvalue weighted by molar-refractivity contribution is 0.332. The molecule has 4 aromatic heterocycles. The van der Waals surface area contributed by atoms with Gasteiger partial charge < -0.3 is 18.2 Å². The van der Waals surface area contributed by atoms with Gasteiger partial charge in [-0.2, -0.15) is 0 Å². The van der Waals surface area contributed by atoms with Gasteiger partial charge in [-0.1, -0.05) is 132 Å². The molecule has 348 valence electrons. The van der Waals surface area contributed by atoms with Crippen molar-refractivity contribution in [2.75, 3.05) is 4.81 Å². The van der Waals surface area contributed by atoms with Crippen molar-refractivity contribution in [3.05, 3.63) is 137 Å². The molecule has 0 saturated heterocycles. The zero-order valence-corrected chi connectivity index (χ0v) is 43.8. The van der Waals surface area contributed by atoms with Crippen molar-refractivity contribution in [3.8, 4) is 16.8 Å². The molecule has 0 N–H and O–H groups in total. The molecule has 0 fully saturated rings. The predicted molar refractivity (Wildman–Crippen MR) is 301 cm³/mol. The predicted octanol–water partition coefficient (Wildman–Crippen LogP) is 17.3. The SMILES string of the molecule is CC(C)(C)c1ccc(N2B3c4oc5ccc(C(C)(C)C)cc5c4-n4c5ccc(C(C)(C)C)cc5c5c6sc7ccccc7c6c(c3c54)-c3cc4oc5cc6c(cc5c4cc32)C(C)(C)CCC6(C)C)cc1. The van der Waals surface area contributed by atoms with E-state index in [2.05, 4.69) is 209 Å². The van der Waals surface area contributed by atoms with Crippen LogP contribution in [0, 0.1) is 0 Å². The number of anilines is 2. The maximum atomic E-state index is 7.53. The van der Waals surface area contributed by atoms with Gasteiger partial charge in [0.25, 0.3) is 0 Å². The fourth-order valence-corrected chi connectivity index (χ4v) is 14.2. The van der Waals surface area contributed by atoms with E-state index in [0.29, 0.717) is 0 Å². The molecule has 0 saturated carbocycles. The molecule has 2 aliphatic heterocycles. The van der Waals surface area contributed by atoms with E-state index in [9.17, 15) is 0 Å². The van der Waals surface area contributed by atoms with Crippen molar-refractivity contribution in [2.24, 2.45) is 0 Å². The first-order chi connectivity index (χ1) is 33.1. The second-order valence-corrected chi connectivity index (χ2v) is 26.7. The number of hydrogen-bond donors (Lipinski definition) is 0. The first-order valence-electron chi connectivity index (χ1n) is 25.6. The quantitative estimate of drug-likeness (QED) is 0.154. The molecule has 11 aromatic rings. The highest BCUT2D eigenvalue weighted by molar-refractivity contribution is 7.27. The minimum atomic E-state index is -0.281. The van der Waals surface area contributed by atoms with Gasteiger partial charge in [-0.3, -0.25) is 0 Å². The number of aromatic nitrogens is 1. The Morgan fingerprint density at radius 1 is 0.557 bits per heavy atom. The van der Waals surface area contributed by atoms with E-state index in [1.807, 2.05) is 11.3 Å². The van der Waals surface area contributed by atoms with Crippen LogP contribution in [0.15, 0.2) is 118 Å². The molecular formula is C64H61BN2O2S.